The standard InChI is InChI=1S/C7H13N.C5H11N/c1-2-7-3-6(1)4-8-5-7;1-2-4-6-5-3-1/h6-8H,1-5H2;6H,1-5H2. The number of hydrogen-bond acceptors (Lipinski definition) is 2. The number of hydrogen-bond donors (Lipinski definition) is 2. The van der Waals surface area contributed by atoms with Gasteiger partial charge in [0.15, 0.2) is 0 Å². The van der Waals surface area contributed by atoms with Crippen molar-refractivity contribution in [3.8, 4) is 0 Å². The minimum absolute atomic E-state index is 1.05. The molecule has 2 heterocycles. The first-order valence-electron chi connectivity index (χ1n) is 6.36. The summed E-state index contributed by atoms with van der Waals surface area (Å²) >= 11 is 0. The van der Waals surface area contributed by atoms with E-state index in [4.69, 9.17) is 0 Å². The SMILES string of the molecule is C1CC2CNCC1C2.C1CCNCC1. The van der Waals surface area contributed by atoms with Gasteiger partial charge in [0.05, 0.1) is 0 Å². The molecule has 2 saturated heterocycles. The smallest absolute Gasteiger partial charge is 0.00203 e. The highest BCUT2D eigenvalue weighted by Gasteiger charge is 2.27. The molecular weight excluding hydrogens is 172 g/mol. The quantitative estimate of drug-likeness (QED) is 0.617. The van der Waals surface area contributed by atoms with Crippen molar-refractivity contribution >= 4 is 0 Å². The molecule has 0 aromatic heterocycles. The third kappa shape index (κ3) is 3.25. The molecule has 2 nitrogen and oxygen atoms in total. The molecule has 2 bridgehead atoms. The molecule has 82 valence electrons. The summed E-state index contributed by atoms with van der Waals surface area (Å²) in [6, 6.07) is 0. The van der Waals surface area contributed by atoms with E-state index < -0.39 is 0 Å². The fourth-order valence-corrected chi connectivity index (χ4v) is 2.84. The number of rotatable bonds is 0. The normalized spacial score (nSPS) is 36.0. The van der Waals surface area contributed by atoms with E-state index in [1.54, 1.807) is 0 Å². The topological polar surface area (TPSA) is 24.1 Å². The Morgan fingerprint density at radius 2 is 1.36 bits per heavy atom. The van der Waals surface area contributed by atoms with Gasteiger partial charge in [0, 0.05) is 0 Å². The Labute approximate surface area is 87.8 Å². The molecule has 1 aliphatic carbocycles. The predicted molar refractivity (Wildman–Crippen MR) is 60.4 cm³/mol. The first-order chi connectivity index (χ1) is 6.95. The maximum Gasteiger partial charge on any atom is -0.00203 e. The minimum atomic E-state index is 1.05. The maximum absolute atomic E-state index is 3.45. The highest BCUT2D eigenvalue weighted by molar-refractivity contribution is 4.82. The van der Waals surface area contributed by atoms with Gasteiger partial charge in [-0.2, -0.15) is 0 Å². The van der Waals surface area contributed by atoms with Crippen molar-refractivity contribution in [1.82, 2.24) is 10.6 Å². The van der Waals surface area contributed by atoms with Crippen LogP contribution in [0.4, 0.5) is 0 Å². The zero-order valence-electron chi connectivity index (χ0n) is 9.23. The summed E-state index contributed by atoms with van der Waals surface area (Å²) in [6.45, 7) is 5.10. The van der Waals surface area contributed by atoms with Gasteiger partial charge in [0.2, 0.25) is 0 Å². The van der Waals surface area contributed by atoms with E-state index in [-0.39, 0.29) is 0 Å². The van der Waals surface area contributed by atoms with E-state index in [1.807, 2.05) is 0 Å². The van der Waals surface area contributed by atoms with Crippen molar-refractivity contribution in [1.29, 1.82) is 0 Å². The molecule has 3 fully saturated rings. The van der Waals surface area contributed by atoms with Gasteiger partial charge in [0.25, 0.3) is 0 Å². The summed E-state index contributed by atoms with van der Waals surface area (Å²) in [7, 11) is 0. The average molecular weight is 196 g/mol. The third-order valence-corrected chi connectivity index (χ3v) is 3.72. The van der Waals surface area contributed by atoms with Gasteiger partial charge < -0.3 is 10.6 Å². The molecule has 3 rings (SSSR count). The van der Waals surface area contributed by atoms with Crippen LogP contribution in [0.15, 0.2) is 0 Å². The van der Waals surface area contributed by atoms with Gasteiger partial charge >= 0.3 is 0 Å². The lowest BCUT2D eigenvalue weighted by molar-refractivity contribution is 0.379. The molecule has 2 atom stereocenters. The summed E-state index contributed by atoms with van der Waals surface area (Å²) in [5.74, 6) is 2.10. The van der Waals surface area contributed by atoms with E-state index in [1.165, 1.54) is 64.7 Å². The van der Waals surface area contributed by atoms with Crippen molar-refractivity contribution in [2.45, 2.75) is 38.5 Å². The van der Waals surface area contributed by atoms with Gasteiger partial charge in [0.1, 0.15) is 0 Å². The van der Waals surface area contributed by atoms with Crippen LogP contribution in [-0.2, 0) is 0 Å². The zero-order chi connectivity index (χ0) is 9.64. The molecule has 0 radical (unpaired) electrons. The fourth-order valence-electron chi connectivity index (χ4n) is 2.84. The summed E-state index contributed by atoms with van der Waals surface area (Å²) in [6.07, 6.45) is 8.73. The van der Waals surface area contributed by atoms with Crippen molar-refractivity contribution < 1.29 is 0 Å². The summed E-state index contributed by atoms with van der Waals surface area (Å²) in [4.78, 5) is 0. The van der Waals surface area contributed by atoms with Crippen LogP contribution in [0.1, 0.15) is 38.5 Å². The average Bonchev–Trinajstić information content (AvgIpc) is 2.61. The molecule has 0 amide bonds. The van der Waals surface area contributed by atoms with E-state index >= 15 is 0 Å². The molecule has 2 N–H and O–H groups in total. The lowest BCUT2D eigenvalue weighted by atomic mass is 10.0. The Morgan fingerprint density at radius 3 is 1.71 bits per heavy atom. The lowest BCUT2D eigenvalue weighted by Gasteiger charge is -2.18. The fraction of sp³-hybridized carbons (Fsp3) is 1.00. The lowest BCUT2D eigenvalue weighted by Crippen LogP contribution is -2.30. The van der Waals surface area contributed by atoms with E-state index in [2.05, 4.69) is 10.6 Å². The number of nitrogens with one attached hydrogen (secondary N) is 2. The Bertz CT molecular complexity index is 129. The number of piperidine rings is 2. The maximum atomic E-state index is 3.45. The van der Waals surface area contributed by atoms with Crippen molar-refractivity contribution in [3.05, 3.63) is 0 Å². The molecule has 0 aromatic rings. The summed E-state index contributed by atoms with van der Waals surface area (Å²) < 4.78 is 0. The van der Waals surface area contributed by atoms with Crippen LogP contribution in [0.2, 0.25) is 0 Å². The van der Waals surface area contributed by atoms with Crippen LogP contribution < -0.4 is 10.6 Å². The molecular formula is C12H24N2. The molecule has 2 heteroatoms. The van der Waals surface area contributed by atoms with E-state index in [0.717, 1.165) is 11.8 Å². The molecule has 14 heavy (non-hydrogen) atoms. The van der Waals surface area contributed by atoms with Crippen LogP contribution in [0.25, 0.3) is 0 Å². The van der Waals surface area contributed by atoms with E-state index in [0.29, 0.717) is 0 Å². The Hall–Kier alpha value is -0.0800. The van der Waals surface area contributed by atoms with Crippen molar-refractivity contribution in [2.24, 2.45) is 11.8 Å². The van der Waals surface area contributed by atoms with Crippen LogP contribution in [-0.4, -0.2) is 26.2 Å². The molecule has 1 saturated carbocycles. The minimum Gasteiger partial charge on any atom is -0.317 e. The van der Waals surface area contributed by atoms with Gasteiger partial charge in [-0.25, -0.2) is 0 Å². The van der Waals surface area contributed by atoms with Gasteiger partial charge in [-0.05, 0) is 70.1 Å². The summed E-state index contributed by atoms with van der Waals surface area (Å²) in [5.41, 5.74) is 0. The zero-order valence-corrected chi connectivity index (χ0v) is 9.23. The monoisotopic (exact) mass is 196 g/mol. The van der Waals surface area contributed by atoms with Gasteiger partial charge in [-0.1, -0.05) is 6.42 Å². The van der Waals surface area contributed by atoms with Gasteiger partial charge in [-0.3, -0.25) is 0 Å². The molecule has 3 aliphatic rings. The van der Waals surface area contributed by atoms with Gasteiger partial charge in [-0.15, -0.1) is 0 Å². The Morgan fingerprint density at radius 1 is 0.714 bits per heavy atom. The van der Waals surface area contributed by atoms with Crippen molar-refractivity contribution in [2.75, 3.05) is 26.2 Å². The van der Waals surface area contributed by atoms with Crippen LogP contribution in [0.3, 0.4) is 0 Å². The van der Waals surface area contributed by atoms with E-state index in [9.17, 15) is 0 Å². The molecule has 0 aromatic carbocycles. The predicted octanol–water partition coefficient (Wildman–Crippen LogP) is 1.77. The van der Waals surface area contributed by atoms with Crippen molar-refractivity contribution in [3.63, 3.8) is 0 Å². The Balaban J connectivity index is 0.000000112. The summed E-state index contributed by atoms with van der Waals surface area (Å²) in [5, 5.41) is 6.73. The number of fused-ring (bicyclic) bond motifs is 2. The van der Waals surface area contributed by atoms with Crippen LogP contribution >= 0.6 is 0 Å². The van der Waals surface area contributed by atoms with Crippen LogP contribution in [0, 0.1) is 11.8 Å². The molecule has 2 unspecified atom stereocenters. The first-order valence-corrected chi connectivity index (χ1v) is 6.36. The second kappa shape index (κ2) is 5.72. The molecule has 0 spiro atoms. The highest BCUT2D eigenvalue weighted by atomic mass is 14.9. The third-order valence-electron chi connectivity index (χ3n) is 3.72. The highest BCUT2D eigenvalue weighted by Crippen LogP contribution is 2.32. The largest absolute Gasteiger partial charge is 0.317 e. The second-order valence-electron chi connectivity index (χ2n) is 5.01. The first kappa shape index (κ1) is 10.4. The molecule has 2 aliphatic heterocycles. The Kier molecular flexibility index (Phi) is 4.26. The van der Waals surface area contributed by atoms with Crippen LogP contribution in [0.5, 0.6) is 0 Å². The second-order valence-corrected chi connectivity index (χ2v) is 5.01.